The average molecular weight is 719 g/mol. The Hall–Kier alpha value is -7.70. The standard InChI is InChI=1S/C50H30N4O2/c1-3-13-31(14-4-1)34-27-35(32-15-5-2-6-16-32)29-36(28-34)49-52-48(33-24-25-39-37-17-7-9-22-43(37)55-45(39)30-33)53-50(54-49)42-21-12-26-51-46(42)41-20-11-19-40-38-18-8-10-23-44(38)56-47(40)41/h1-30H. The van der Waals surface area contributed by atoms with Crippen molar-refractivity contribution >= 4 is 43.9 Å². The summed E-state index contributed by atoms with van der Waals surface area (Å²) in [6.07, 6.45) is 1.80. The van der Waals surface area contributed by atoms with Gasteiger partial charge in [-0.3, -0.25) is 4.98 Å². The molecule has 0 spiro atoms. The first kappa shape index (κ1) is 31.8. The highest BCUT2D eigenvalue weighted by molar-refractivity contribution is 6.10. The van der Waals surface area contributed by atoms with E-state index in [1.807, 2.05) is 78.9 Å². The van der Waals surface area contributed by atoms with Crippen LogP contribution in [-0.2, 0) is 0 Å². The maximum Gasteiger partial charge on any atom is 0.166 e. The number of nitrogens with zero attached hydrogens (tertiary/aromatic N) is 4. The van der Waals surface area contributed by atoms with Crippen molar-refractivity contribution in [3.8, 4) is 67.7 Å². The van der Waals surface area contributed by atoms with Gasteiger partial charge in [0.1, 0.15) is 22.3 Å². The van der Waals surface area contributed by atoms with Gasteiger partial charge < -0.3 is 8.83 Å². The molecule has 0 fully saturated rings. The average Bonchev–Trinajstić information content (AvgIpc) is 3.85. The first-order chi connectivity index (χ1) is 27.7. The third-order valence-corrected chi connectivity index (χ3v) is 10.4. The Balaban J connectivity index is 1.16. The van der Waals surface area contributed by atoms with Crippen LogP contribution in [0.3, 0.4) is 0 Å². The zero-order chi connectivity index (χ0) is 37.0. The van der Waals surface area contributed by atoms with E-state index in [1.54, 1.807) is 6.20 Å². The van der Waals surface area contributed by atoms with Crippen LogP contribution in [0.1, 0.15) is 0 Å². The van der Waals surface area contributed by atoms with Gasteiger partial charge in [-0.15, -0.1) is 0 Å². The Labute approximate surface area is 321 Å². The van der Waals surface area contributed by atoms with Gasteiger partial charge >= 0.3 is 0 Å². The van der Waals surface area contributed by atoms with Crippen molar-refractivity contribution in [2.45, 2.75) is 0 Å². The summed E-state index contributed by atoms with van der Waals surface area (Å²) in [5.41, 5.74) is 11.5. The normalized spacial score (nSPS) is 11.6. The van der Waals surface area contributed by atoms with E-state index >= 15 is 0 Å². The van der Waals surface area contributed by atoms with Crippen LogP contribution in [0.2, 0.25) is 0 Å². The highest BCUT2D eigenvalue weighted by Gasteiger charge is 2.21. The molecule has 0 unspecified atom stereocenters. The SMILES string of the molecule is c1ccc(-c2cc(-c3ccccc3)cc(-c3nc(-c4ccc5c(c4)oc4ccccc45)nc(-c4cccnc4-c4cccc5c4oc4ccccc45)n3)c2)cc1. The lowest BCUT2D eigenvalue weighted by Gasteiger charge is -2.13. The molecule has 262 valence electrons. The van der Waals surface area contributed by atoms with E-state index in [0.717, 1.165) is 94.1 Å². The molecule has 4 heterocycles. The maximum atomic E-state index is 6.49. The molecule has 0 bridgehead atoms. The Morgan fingerprint density at radius 3 is 1.61 bits per heavy atom. The number of aromatic nitrogens is 4. The van der Waals surface area contributed by atoms with Gasteiger partial charge in [-0.05, 0) is 82.9 Å². The second kappa shape index (κ2) is 13.0. The second-order valence-electron chi connectivity index (χ2n) is 13.8. The Morgan fingerprint density at radius 1 is 0.321 bits per heavy atom. The molecule has 4 aromatic heterocycles. The number of fused-ring (bicyclic) bond motifs is 6. The van der Waals surface area contributed by atoms with Crippen LogP contribution >= 0.6 is 0 Å². The fourth-order valence-electron chi connectivity index (χ4n) is 7.70. The maximum absolute atomic E-state index is 6.49. The highest BCUT2D eigenvalue weighted by Crippen LogP contribution is 2.40. The first-order valence-electron chi connectivity index (χ1n) is 18.5. The van der Waals surface area contributed by atoms with Gasteiger partial charge in [0.05, 0.1) is 5.69 Å². The van der Waals surface area contributed by atoms with Gasteiger partial charge in [0, 0.05) is 50.0 Å². The molecule has 6 nitrogen and oxygen atoms in total. The van der Waals surface area contributed by atoms with Crippen molar-refractivity contribution in [1.29, 1.82) is 0 Å². The number of benzene rings is 7. The molecule has 0 saturated heterocycles. The molecule has 0 radical (unpaired) electrons. The number of hydrogen-bond donors (Lipinski definition) is 0. The van der Waals surface area contributed by atoms with Crippen molar-refractivity contribution in [2.24, 2.45) is 0 Å². The van der Waals surface area contributed by atoms with Crippen LogP contribution in [0.25, 0.3) is 112 Å². The molecule has 56 heavy (non-hydrogen) atoms. The first-order valence-corrected chi connectivity index (χ1v) is 18.5. The Bertz CT molecular complexity index is 3200. The van der Waals surface area contributed by atoms with E-state index in [9.17, 15) is 0 Å². The lowest BCUT2D eigenvalue weighted by atomic mass is 9.95. The molecule has 0 aliphatic heterocycles. The molecule has 11 rings (SSSR count). The smallest absolute Gasteiger partial charge is 0.166 e. The molecule has 0 aliphatic rings. The minimum absolute atomic E-state index is 0.497. The summed E-state index contributed by atoms with van der Waals surface area (Å²) in [6.45, 7) is 0. The molecular formula is C50H30N4O2. The van der Waals surface area contributed by atoms with Gasteiger partial charge in [0.2, 0.25) is 0 Å². The lowest BCUT2D eigenvalue weighted by Crippen LogP contribution is -2.02. The summed E-state index contributed by atoms with van der Waals surface area (Å²) in [5.74, 6) is 1.56. The van der Waals surface area contributed by atoms with Gasteiger partial charge in [0.15, 0.2) is 17.5 Å². The molecule has 0 aliphatic carbocycles. The van der Waals surface area contributed by atoms with E-state index in [2.05, 4.69) is 97.1 Å². The number of pyridine rings is 1. The number of furan rings is 2. The molecule has 0 N–H and O–H groups in total. The minimum Gasteiger partial charge on any atom is -0.456 e. The summed E-state index contributed by atoms with van der Waals surface area (Å²) < 4.78 is 12.8. The van der Waals surface area contributed by atoms with Gasteiger partial charge in [-0.2, -0.15) is 0 Å². The lowest BCUT2D eigenvalue weighted by molar-refractivity contribution is 0.669. The summed E-state index contributed by atoms with van der Waals surface area (Å²) in [6, 6.07) is 59.8. The van der Waals surface area contributed by atoms with E-state index in [0.29, 0.717) is 17.5 Å². The van der Waals surface area contributed by atoms with Crippen LogP contribution < -0.4 is 0 Å². The number of rotatable bonds is 6. The fraction of sp³-hybridized carbons (Fsp3) is 0. The van der Waals surface area contributed by atoms with Crippen molar-refractivity contribution in [1.82, 2.24) is 19.9 Å². The molecule has 6 heteroatoms. The molecule has 11 aromatic rings. The fourth-order valence-corrected chi connectivity index (χ4v) is 7.70. The van der Waals surface area contributed by atoms with Crippen molar-refractivity contribution < 1.29 is 8.83 Å². The third kappa shape index (κ3) is 5.43. The van der Waals surface area contributed by atoms with Gasteiger partial charge in [-0.25, -0.2) is 15.0 Å². The molecule has 0 saturated carbocycles. The predicted octanol–water partition coefficient (Wildman–Crippen LogP) is 13.1. The topological polar surface area (TPSA) is 77.8 Å². The predicted molar refractivity (Wildman–Crippen MR) is 225 cm³/mol. The van der Waals surface area contributed by atoms with Gasteiger partial charge in [0.25, 0.3) is 0 Å². The molecular weight excluding hydrogens is 689 g/mol. The minimum atomic E-state index is 0.497. The van der Waals surface area contributed by atoms with E-state index in [1.165, 1.54) is 0 Å². The number of hydrogen-bond acceptors (Lipinski definition) is 6. The Morgan fingerprint density at radius 2 is 0.875 bits per heavy atom. The highest BCUT2D eigenvalue weighted by atomic mass is 16.3. The van der Waals surface area contributed by atoms with Gasteiger partial charge in [-0.1, -0.05) is 115 Å². The summed E-state index contributed by atoms with van der Waals surface area (Å²) in [4.78, 5) is 20.6. The van der Waals surface area contributed by atoms with Crippen LogP contribution in [0, 0.1) is 0 Å². The van der Waals surface area contributed by atoms with Crippen molar-refractivity contribution in [3.63, 3.8) is 0 Å². The largest absolute Gasteiger partial charge is 0.456 e. The summed E-state index contributed by atoms with van der Waals surface area (Å²) >= 11 is 0. The number of para-hydroxylation sites is 3. The zero-order valence-corrected chi connectivity index (χ0v) is 29.9. The van der Waals surface area contributed by atoms with E-state index < -0.39 is 0 Å². The van der Waals surface area contributed by atoms with Crippen molar-refractivity contribution in [3.05, 3.63) is 182 Å². The quantitative estimate of drug-likeness (QED) is 0.170. The van der Waals surface area contributed by atoms with Crippen LogP contribution in [0.4, 0.5) is 0 Å². The zero-order valence-electron chi connectivity index (χ0n) is 29.9. The van der Waals surface area contributed by atoms with E-state index in [-0.39, 0.29) is 0 Å². The Kier molecular flexibility index (Phi) is 7.38. The molecule has 0 amide bonds. The molecule has 0 atom stereocenters. The third-order valence-electron chi connectivity index (χ3n) is 10.4. The molecule has 7 aromatic carbocycles. The van der Waals surface area contributed by atoms with E-state index in [4.69, 9.17) is 28.8 Å². The summed E-state index contributed by atoms with van der Waals surface area (Å²) in [5, 5.41) is 4.18. The van der Waals surface area contributed by atoms with Crippen molar-refractivity contribution in [2.75, 3.05) is 0 Å². The summed E-state index contributed by atoms with van der Waals surface area (Å²) in [7, 11) is 0. The monoisotopic (exact) mass is 718 g/mol. The second-order valence-corrected chi connectivity index (χ2v) is 13.8. The van der Waals surface area contributed by atoms with Crippen LogP contribution in [0.5, 0.6) is 0 Å². The van der Waals surface area contributed by atoms with Crippen LogP contribution in [-0.4, -0.2) is 19.9 Å². The van der Waals surface area contributed by atoms with Crippen LogP contribution in [0.15, 0.2) is 191 Å².